The highest BCUT2D eigenvalue weighted by Gasteiger charge is 2.46. The van der Waals surface area contributed by atoms with E-state index in [1.165, 1.54) is 0 Å². The first kappa shape index (κ1) is 50.1. The first-order chi connectivity index (χ1) is 32.8. The predicted octanol–water partition coefficient (Wildman–Crippen LogP) is 14.8. The molecule has 0 bridgehead atoms. The average Bonchev–Trinajstić information content (AvgIpc) is 3.53. The molecular formula is C57H59NO12. The Hall–Kier alpha value is -7.80. The molecule has 0 saturated carbocycles. The van der Waals surface area contributed by atoms with E-state index in [4.69, 9.17) is 37.9 Å². The molecule has 0 atom stereocenters. The molecule has 364 valence electrons. The Bertz CT molecular complexity index is 2710. The van der Waals surface area contributed by atoms with Crippen molar-refractivity contribution in [1.82, 2.24) is 0 Å². The number of ether oxygens (including phenoxy) is 8. The van der Waals surface area contributed by atoms with Gasteiger partial charge in [0.25, 0.3) is 0 Å². The summed E-state index contributed by atoms with van der Waals surface area (Å²) in [6.45, 7) is 21.2. The molecule has 13 heteroatoms. The summed E-state index contributed by atoms with van der Waals surface area (Å²) in [5.41, 5.74) is 3.84. The minimum absolute atomic E-state index is 0.289. The predicted molar refractivity (Wildman–Crippen MR) is 266 cm³/mol. The van der Waals surface area contributed by atoms with Crippen molar-refractivity contribution in [3.63, 3.8) is 0 Å². The van der Waals surface area contributed by atoms with Crippen molar-refractivity contribution in [1.29, 1.82) is 0 Å². The number of anilines is 3. The molecule has 7 rings (SSSR count). The summed E-state index contributed by atoms with van der Waals surface area (Å²) in [6, 6.07) is 43.1. The minimum atomic E-state index is -0.939. The van der Waals surface area contributed by atoms with Gasteiger partial charge in [0.1, 0.15) is 45.4 Å². The highest BCUT2D eigenvalue weighted by molar-refractivity contribution is 5.90. The first-order valence-electron chi connectivity index (χ1n) is 22.9. The minimum Gasteiger partial charge on any atom is -0.428 e. The van der Waals surface area contributed by atoms with E-state index < -0.39 is 52.4 Å². The lowest BCUT2D eigenvalue weighted by Gasteiger charge is -2.34. The fraction of sp³-hybridized carbons (Fsp3) is 0.298. The molecule has 1 aliphatic carbocycles. The smallest absolute Gasteiger partial charge is 0.428 e. The van der Waals surface area contributed by atoms with Gasteiger partial charge >= 0.3 is 24.6 Å². The maximum absolute atomic E-state index is 12.7. The van der Waals surface area contributed by atoms with Crippen molar-refractivity contribution in [2.75, 3.05) is 4.90 Å². The van der Waals surface area contributed by atoms with E-state index in [0.29, 0.717) is 11.5 Å². The van der Waals surface area contributed by atoms with Gasteiger partial charge in [-0.05, 0) is 201 Å². The van der Waals surface area contributed by atoms with Crippen LogP contribution in [0.3, 0.4) is 0 Å². The number of nitrogens with zero attached hydrogens (tertiary/aromatic N) is 1. The first-order valence-corrected chi connectivity index (χ1v) is 22.9. The van der Waals surface area contributed by atoms with Gasteiger partial charge < -0.3 is 42.8 Å². The second kappa shape index (κ2) is 19.3. The van der Waals surface area contributed by atoms with Crippen LogP contribution in [0, 0.1) is 0 Å². The van der Waals surface area contributed by atoms with Crippen LogP contribution in [0.2, 0.25) is 0 Å². The van der Waals surface area contributed by atoms with E-state index in [0.717, 1.165) is 50.4 Å². The van der Waals surface area contributed by atoms with Gasteiger partial charge in [0.05, 0.1) is 5.41 Å². The normalized spacial score (nSPS) is 12.9. The van der Waals surface area contributed by atoms with Crippen molar-refractivity contribution in [3.05, 3.63) is 162 Å². The zero-order valence-corrected chi connectivity index (χ0v) is 41.6. The van der Waals surface area contributed by atoms with Crippen molar-refractivity contribution in [3.8, 4) is 34.1 Å². The molecular weight excluding hydrogens is 891 g/mol. The highest BCUT2D eigenvalue weighted by atomic mass is 16.7. The Balaban J connectivity index is 1.35. The zero-order valence-electron chi connectivity index (χ0n) is 41.6. The van der Waals surface area contributed by atoms with Gasteiger partial charge in [0.15, 0.2) is 0 Å². The van der Waals surface area contributed by atoms with Crippen LogP contribution in [0.5, 0.6) is 23.0 Å². The Morgan fingerprint density at radius 3 is 1.00 bits per heavy atom. The molecule has 0 N–H and O–H groups in total. The molecule has 70 heavy (non-hydrogen) atoms. The molecule has 1 aliphatic rings. The third kappa shape index (κ3) is 12.1. The molecule has 6 aromatic carbocycles. The topological polar surface area (TPSA) is 145 Å². The van der Waals surface area contributed by atoms with E-state index in [1.807, 2.05) is 71.6 Å². The van der Waals surface area contributed by atoms with Crippen LogP contribution in [0.25, 0.3) is 11.1 Å². The lowest BCUT2D eigenvalue weighted by atomic mass is 9.67. The Kier molecular flexibility index (Phi) is 13.8. The second-order valence-corrected chi connectivity index (χ2v) is 20.7. The summed E-state index contributed by atoms with van der Waals surface area (Å²) in [7, 11) is 0. The summed E-state index contributed by atoms with van der Waals surface area (Å²) in [5, 5.41) is 0. The van der Waals surface area contributed by atoms with Crippen molar-refractivity contribution in [2.24, 2.45) is 0 Å². The van der Waals surface area contributed by atoms with Crippen molar-refractivity contribution < 1.29 is 57.1 Å². The van der Waals surface area contributed by atoms with Crippen LogP contribution < -0.4 is 23.8 Å². The third-order valence-electron chi connectivity index (χ3n) is 10.4. The van der Waals surface area contributed by atoms with Crippen LogP contribution >= 0.6 is 0 Å². The van der Waals surface area contributed by atoms with Gasteiger partial charge in [0, 0.05) is 17.1 Å². The molecule has 0 unspecified atom stereocenters. The van der Waals surface area contributed by atoms with Crippen molar-refractivity contribution in [2.45, 2.75) is 111 Å². The zero-order chi connectivity index (χ0) is 50.8. The molecule has 0 spiro atoms. The Morgan fingerprint density at radius 2 is 0.657 bits per heavy atom. The molecule has 0 radical (unpaired) electrons. The largest absolute Gasteiger partial charge is 0.514 e. The fourth-order valence-electron chi connectivity index (χ4n) is 7.99. The number of carbonyl (C=O) groups is 4. The van der Waals surface area contributed by atoms with E-state index in [-0.39, 0.29) is 11.5 Å². The number of rotatable bonds is 9. The molecule has 0 heterocycles. The van der Waals surface area contributed by atoms with E-state index >= 15 is 0 Å². The molecule has 0 amide bonds. The average molecular weight is 950 g/mol. The molecule has 0 saturated heterocycles. The van der Waals surface area contributed by atoms with Gasteiger partial charge in [-0.1, -0.05) is 54.6 Å². The monoisotopic (exact) mass is 949 g/mol. The van der Waals surface area contributed by atoms with E-state index in [9.17, 15) is 19.2 Å². The molecule has 0 aromatic heterocycles. The van der Waals surface area contributed by atoms with Gasteiger partial charge in [-0.3, -0.25) is 0 Å². The van der Waals surface area contributed by atoms with E-state index in [2.05, 4.69) is 24.3 Å². The maximum Gasteiger partial charge on any atom is 0.514 e. The van der Waals surface area contributed by atoms with Crippen molar-refractivity contribution >= 4 is 41.7 Å². The number of hydrogen-bond donors (Lipinski definition) is 0. The number of carbonyl (C=O) groups excluding carboxylic acids is 4. The molecule has 13 nitrogen and oxygen atoms in total. The van der Waals surface area contributed by atoms with Gasteiger partial charge in [-0.2, -0.15) is 0 Å². The maximum atomic E-state index is 12.7. The number of benzene rings is 6. The lowest BCUT2D eigenvalue weighted by Crippen LogP contribution is -2.29. The van der Waals surface area contributed by atoms with Gasteiger partial charge in [0.2, 0.25) is 0 Å². The Morgan fingerprint density at radius 1 is 0.357 bits per heavy atom. The van der Waals surface area contributed by atoms with Crippen LogP contribution in [0.15, 0.2) is 140 Å². The van der Waals surface area contributed by atoms with Gasteiger partial charge in [-0.25, -0.2) is 19.2 Å². The second-order valence-electron chi connectivity index (χ2n) is 20.7. The van der Waals surface area contributed by atoms with Crippen LogP contribution in [-0.4, -0.2) is 47.0 Å². The highest BCUT2D eigenvalue weighted by Crippen LogP contribution is 2.57. The van der Waals surface area contributed by atoms with Crippen LogP contribution in [0.4, 0.5) is 36.2 Å². The molecule has 0 aliphatic heterocycles. The molecule has 6 aromatic rings. The summed E-state index contributed by atoms with van der Waals surface area (Å²) in [5.74, 6) is 1.18. The number of fused-ring (bicyclic) bond motifs is 3. The summed E-state index contributed by atoms with van der Waals surface area (Å²) < 4.78 is 43.9. The molecule has 0 fully saturated rings. The van der Waals surface area contributed by atoms with E-state index in [1.54, 1.807) is 132 Å². The summed E-state index contributed by atoms with van der Waals surface area (Å²) in [4.78, 5) is 52.7. The summed E-state index contributed by atoms with van der Waals surface area (Å²) in [6.07, 6.45) is -3.29. The van der Waals surface area contributed by atoms with Crippen LogP contribution in [0.1, 0.15) is 105 Å². The lowest BCUT2D eigenvalue weighted by molar-refractivity contribution is 0.0193. The summed E-state index contributed by atoms with van der Waals surface area (Å²) >= 11 is 0. The van der Waals surface area contributed by atoms with Crippen LogP contribution in [-0.2, 0) is 24.4 Å². The fourth-order valence-corrected chi connectivity index (χ4v) is 7.99. The Labute approximate surface area is 409 Å². The SMILES string of the molecule is CC(C)(C)OC(=O)Oc1ccc(N(c2ccc(OC(=O)OC(C)(C)C)cc2)c2ccc3c(c2)-c2ccccc2C3(c2ccc(OC(=O)OC(C)(C)C)cc2)c2ccc(OC(=O)OC(C)(C)C)cc2)cc1. The van der Waals surface area contributed by atoms with Gasteiger partial charge in [-0.15, -0.1) is 0 Å². The number of hydrogen-bond acceptors (Lipinski definition) is 13. The third-order valence-corrected chi connectivity index (χ3v) is 10.4. The standard InChI is InChI=1S/C57H59NO12/c1-53(2,3)67-49(59)63-41-26-17-36(18-27-41)57(37-19-28-42(29-20-37)64-50(60)68-54(4,5)6)47-16-14-13-15-45(47)46-35-40(25-34-48(46)57)58(38-21-30-43(31-22-38)65-51(61)69-55(7,8)9)39-23-32-44(33-24-39)66-52(62)70-56(10,11)12/h13-35H,1-12H3. The quantitative estimate of drug-likeness (QED) is 0.0769.